The van der Waals surface area contributed by atoms with Crippen molar-refractivity contribution < 1.29 is 4.79 Å². The van der Waals surface area contributed by atoms with Crippen LogP contribution in [0.25, 0.3) is 0 Å². The fraction of sp³-hybridized carbons (Fsp3) is 0.294. The Labute approximate surface area is 144 Å². The van der Waals surface area contributed by atoms with Gasteiger partial charge in [-0.05, 0) is 31.2 Å². The lowest BCUT2D eigenvalue weighted by Gasteiger charge is -2.39. The van der Waals surface area contributed by atoms with E-state index in [1.54, 1.807) is 22.3 Å². The standard InChI is InChI=1S/C17H16ClN3OS/c1-12-9-21(15-5-3-2-4-13(15)8-19)17(22)11-20(12)10-14-6-7-16(18)23-14/h2-7,12H,9-11H2,1H3. The smallest absolute Gasteiger partial charge is 0.241 e. The Morgan fingerprint density at radius 3 is 2.83 bits per heavy atom. The van der Waals surface area contributed by atoms with Gasteiger partial charge >= 0.3 is 0 Å². The fourth-order valence-electron chi connectivity index (χ4n) is 2.78. The maximum atomic E-state index is 12.6. The van der Waals surface area contributed by atoms with Crippen LogP contribution < -0.4 is 4.90 Å². The number of hydrogen-bond donors (Lipinski definition) is 0. The summed E-state index contributed by atoms with van der Waals surface area (Å²) in [4.78, 5) is 17.6. The SMILES string of the molecule is CC1CN(c2ccccc2C#N)C(=O)CN1Cc1ccc(Cl)s1. The first-order valence-electron chi connectivity index (χ1n) is 7.36. The van der Waals surface area contributed by atoms with Crippen LogP contribution in [0.1, 0.15) is 17.4 Å². The van der Waals surface area contributed by atoms with Gasteiger partial charge < -0.3 is 4.90 Å². The molecule has 1 atom stereocenters. The number of halogens is 1. The zero-order valence-electron chi connectivity index (χ0n) is 12.7. The molecule has 4 nitrogen and oxygen atoms in total. The number of hydrogen-bond acceptors (Lipinski definition) is 4. The monoisotopic (exact) mass is 345 g/mol. The van der Waals surface area contributed by atoms with Crippen LogP contribution in [0.15, 0.2) is 36.4 Å². The fourth-order valence-corrected chi connectivity index (χ4v) is 3.89. The molecule has 2 aromatic rings. The average Bonchev–Trinajstić information content (AvgIpc) is 2.95. The van der Waals surface area contributed by atoms with Gasteiger partial charge in [-0.2, -0.15) is 5.26 Å². The number of carbonyl (C=O) groups is 1. The van der Waals surface area contributed by atoms with Crippen LogP contribution in [0.4, 0.5) is 5.69 Å². The molecule has 0 bridgehead atoms. The molecule has 1 fully saturated rings. The average molecular weight is 346 g/mol. The van der Waals surface area contributed by atoms with E-state index in [9.17, 15) is 10.1 Å². The van der Waals surface area contributed by atoms with Crippen molar-refractivity contribution in [1.82, 2.24) is 4.90 Å². The van der Waals surface area contributed by atoms with Crippen molar-refractivity contribution in [3.63, 3.8) is 0 Å². The molecular formula is C17H16ClN3OS. The van der Waals surface area contributed by atoms with Crippen LogP contribution in [0.5, 0.6) is 0 Å². The van der Waals surface area contributed by atoms with Gasteiger partial charge in [-0.1, -0.05) is 23.7 Å². The van der Waals surface area contributed by atoms with Gasteiger partial charge in [0, 0.05) is 24.0 Å². The lowest BCUT2D eigenvalue weighted by molar-refractivity contribution is -0.122. The summed E-state index contributed by atoms with van der Waals surface area (Å²) in [6.07, 6.45) is 0. The third-order valence-corrected chi connectivity index (χ3v) is 5.23. The van der Waals surface area contributed by atoms with E-state index < -0.39 is 0 Å². The highest BCUT2D eigenvalue weighted by Gasteiger charge is 2.31. The first kappa shape index (κ1) is 16.0. The molecule has 0 N–H and O–H groups in total. The van der Waals surface area contributed by atoms with Crippen LogP contribution in [0.3, 0.4) is 0 Å². The molecule has 1 unspecified atom stereocenters. The molecule has 118 valence electrons. The number of para-hydroxylation sites is 1. The number of nitrogens with zero attached hydrogens (tertiary/aromatic N) is 3. The number of benzene rings is 1. The second-order valence-corrected chi connectivity index (χ2v) is 7.39. The number of piperazine rings is 1. The predicted molar refractivity (Wildman–Crippen MR) is 92.7 cm³/mol. The van der Waals surface area contributed by atoms with Crippen LogP contribution >= 0.6 is 22.9 Å². The Bertz CT molecular complexity index is 767. The predicted octanol–water partition coefficient (Wildman–Crippen LogP) is 3.51. The van der Waals surface area contributed by atoms with Gasteiger partial charge in [-0.25, -0.2) is 0 Å². The minimum absolute atomic E-state index is 0.0217. The van der Waals surface area contributed by atoms with Gasteiger partial charge in [0.25, 0.3) is 0 Å². The molecule has 0 saturated carbocycles. The maximum Gasteiger partial charge on any atom is 0.241 e. The molecule has 0 radical (unpaired) electrons. The molecule has 1 saturated heterocycles. The molecule has 1 aliphatic rings. The van der Waals surface area contributed by atoms with Crippen molar-refractivity contribution in [2.75, 3.05) is 18.0 Å². The largest absolute Gasteiger partial charge is 0.308 e. The summed E-state index contributed by atoms with van der Waals surface area (Å²) in [6.45, 7) is 3.74. The van der Waals surface area contributed by atoms with E-state index in [4.69, 9.17) is 11.6 Å². The first-order valence-corrected chi connectivity index (χ1v) is 8.55. The summed E-state index contributed by atoms with van der Waals surface area (Å²) in [6, 6.07) is 13.5. The summed E-state index contributed by atoms with van der Waals surface area (Å²) in [5.41, 5.74) is 1.23. The molecular weight excluding hydrogens is 330 g/mol. The molecule has 3 rings (SSSR count). The number of amides is 1. The Balaban J connectivity index is 1.77. The number of nitriles is 1. The molecule has 2 heterocycles. The van der Waals surface area contributed by atoms with E-state index in [0.29, 0.717) is 24.3 Å². The van der Waals surface area contributed by atoms with E-state index in [2.05, 4.69) is 17.9 Å². The number of anilines is 1. The number of thiophene rings is 1. The van der Waals surface area contributed by atoms with Gasteiger partial charge in [0.15, 0.2) is 0 Å². The van der Waals surface area contributed by atoms with Crippen LogP contribution in [0.2, 0.25) is 4.34 Å². The van der Waals surface area contributed by atoms with Crippen LogP contribution in [-0.2, 0) is 11.3 Å². The molecule has 1 aliphatic heterocycles. The van der Waals surface area contributed by atoms with Gasteiger partial charge in [0.2, 0.25) is 5.91 Å². The van der Waals surface area contributed by atoms with E-state index >= 15 is 0 Å². The summed E-state index contributed by atoms with van der Waals surface area (Å²) < 4.78 is 0.764. The van der Waals surface area contributed by atoms with E-state index in [1.165, 1.54) is 0 Å². The molecule has 23 heavy (non-hydrogen) atoms. The Hall–Kier alpha value is -1.87. The normalized spacial score (nSPS) is 18.9. The summed E-state index contributed by atoms with van der Waals surface area (Å²) in [5, 5.41) is 9.24. The van der Waals surface area contributed by atoms with Crippen LogP contribution in [-0.4, -0.2) is 29.9 Å². The zero-order chi connectivity index (χ0) is 16.4. The molecule has 0 aliphatic carbocycles. The number of rotatable bonds is 3. The Morgan fingerprint density at radius 2 is 2.13 bits per heavy atom. The lowest BCUT2D eigenvalue weighted by Crippen LogP contribution is -2.55. The maximum absolute atomic E-state index is 12.6. The Kier molecular flexibility index (Phi) is 4.67. The summed E-state index contributed by atoms with van der Waals surface area (Å²) >= 11 is 7.52. The minimum atomic E-state index is 0.0217. The van der Waals surface area contributed by atoms with Gasteiger partial charge in [-0.15, -0.1) is 11.3 Å². The van der Waals surface area contributed by atoms with Crippen molar-refractivity contribution in [3.8, 4) is 6.07 Å². The summed E-state index contributed by atoms with van der Waals surface area (Å²) in [7, 11) is 0. The Morgan fingerprint density at radius 1 is 1.35 bits per heavy atom. The third kappa shape index (κ3) is 3.40. The number of carbonyl (C=O) groups excluding carboxylic acids is 1. The first-order chi connectivity index (χ1) is 11.1. The van der Waals surface area contributed by atoms with E-state index in [1.807, 2.05) is 30.3 Å². The highest BCUT2D eigenvalue weighted by Crippen LogP contribution is 2.27. The van der Waals surface area contributed by atoms with Crippen molar-refractivity contribution in [2.45, 2.75) is 19.5 Å². The highest BCUT2D eigenvalue weighted by atomic mass is 35.5. The second kappa shape index (κ2) is 6.71. The van der Waals surface area contributed by atoms with Crippen LogP contribution in [0, 0.1) is 11.3 Å². The lowest BCUT2D eigenvalue weighted by atomic mass is 10.1. The summed E-state index contributed by atoms with van der Waals surface area (Å²) in [5.74, 6) is 0.0217. The van der Waals surface area contributed by atoms with Gasteiger partial charge in [0.1, 0.15) is 6.07 Å². The minimum Gasteiger partial charge on any atom is -0.308 e. The molecule has 1 aromatic carbocycles. The second-order valence-electron chi connectivity index (χ2n) is 5.59. The van der Waals surface area contributed by atoms with Gasteiger partial charge in [0.05, 0.1) is 22.1 Å². The van der Waals surface area contributed by atoms with Crippen molar-refractivity contribution in [1.29, 1.82) is 5.26 Å². The van der Waals surface area contributed by atoms with E-state index in [0.717, 1.165) is 15.8 Å². The molecule has 1 amide bonds. The zero-order valence-corrected chi connectivity index (χ0v) is 14.3. The van der Waals surface area contributed by atoms with Crippen molar-refractivity contribution in [2.24, 2.45) is 0 Å². The molecule has 1 aromatic heterocycles. The quantitative estimate of drug-likeness (QED) is 0.855. The topological polar surface area (TPSA) is 47.3 Å². The molecule has 6 heteroatoms. The molecule has 0 spiro atoms. The van der Waals surface area contributed by atoms with Crippen molar-refractivity contribution >= 4 is 34.5 Å². The third-order valence-electron chi connectivity index (χ3n) is 4.01. The highest BCUT2D eigenvalue weighted by molar-refractivity contribution is 7.16. The van der Waals surface area contributed by atoms with E-state index in [-0.39, 0.29) is 11.9 Å². The van der Waals surface area contributed by atoms with Crippen molar-refractivity contribution in [3.05, 3.63) is 51.2 Å². The van der Waals surface area contributed by atoms with Gasteiger partial charge in [-0.3, -0.25) is 9.69 Å².